The van der Waals surface area contributed by atoms with Gasteiger partial charge >= 0.3 is 0 Å². The minimum atomic E-state index is -0.141. The maximum absolute atomic E-state index is 9.39. The molecule has 84 valence electrons. The van der Waals surface area contributed by atoms with E-state index in [0.717, 1.165) is 25.7 Å². The van der Waals surface area contributed by atoms with Crippen molar-refractivity contribution in [1.82, 2.24) is 10.1 Å². The van der Waals surface area contributed by atoms with Crippen LogP contribution in [0.2, 0.25) is 0 Å². The van der Waals surface area contributed by atoms with Gasteiger partial charge in [0.25, 0.3) is 5.95 Å². The Morgan fingerprint density at radius 1 is 1.27 bits per heavy atom. The van der Waals surface area contributed by atoms with Crippen molar-refractivity contribution in [3.63, 3.8) is 0 Å². The molecule has 0 unspecified atom stereocenters. The van der Waals surface area contributed by atoms with Gasteiger partial charge in [0.05, 0.1) is 6.10 Å². The minimum Gasteiger partial charge on any atom is -0.393 e. The van der Waals surface area contributed by atoms with Crippen LogP contribution >= 0.6 is 0 Å². The molecule has 5 heteroatoms. The fourth-order valence-corrected chi connectivity index (χ4v) is 1.90. The summed E-state index contributed by atoms with van der Waals surface area (Å²) in [6.45, 7) is 0. The van der Waals surface area contributed by atoms with Crippen LogP contribution in [-0.4, -0.2) is 35.4 Å². The zero-order chi connectivity index (χ0) is 10.8. The number of hydrogen-bond donors (Lipinski definition) is 1. The van der Waals surface area contributed by atoms with Crippen molar-refractivity contribution in [1.29, 1.82) is 0 Å². The smallest absolute Gasteiger partial charge is 0.265 e. The van der Waals surface area contributed by atoms with Crippen molar-refractivity contribution in [2.45, 2.75) is 37.7 Å². The molecule has 1 aromatic heterocycles. The highest BCUT2D eigenvalue weighted by Crippen LogP contribution is 2.32. The molecule has 0 radical (unpaired) electrons. The van der Waals surface area contributed by atoms with Gasteiger partial charge in [-0.2, -0.15) is 4.98 Å². The molecule has 0 atom stereocenters. The zero-order valence-electron chi connectivity index (χ0n) is 9.18. The Bertz CT molecular complexity index is 316. The first-order chi connectivity index (χ1) is 7.16. The molecule has 1 N–H and O–H groups in total. The minimum absolute atomic E-state index is 0.141. The highest BCUT2D eigenvalue weighted by Gasteiger charge is 2.25. The van der Waals surface area contributed by atoms with Crippen LogP contribution in [0.25, 0.3) is 0 Å². The second kappa shape index (κ2) is 4.18. The summed E-state index contributed by atoms with van der Waals surface area (Å²) in [6, 6.07) is 0. The molecule has 1 heterocycles. The monoisotopic (exact) mass is 211 g/mol. The number of hydrogen-bond acceptors (Lipinski definition) is 5. The first kappa shape index (κ1) is 10.4. The van der Waals surface area contributed by atoms with Crippen LogP contribution in [0.15, 0.2) is 4.52 Å². The first-order valence-electron chi connectivity index (χ1n) is 5.36. The van der Waals surface area contributed by atoms with E-state index >= 15 is 0 Å². The Hall–Kier alpha value is -1.10. The average Bonchev–Trinajstić information content (AvgIpc) is 2.68. The van der Waals surface area contributed by atoms with Crippen molar-refractivity contribution < 1.29 is 9.63 Å². The Balaban J connectivity index is 2.03. The van der Waals surface area contributed by atoms with Crippen LogP contribution in [0, 0.1) is 0 Å². The lowest BCUT2D eigenvalue weighted by molar-refractivity contribution is 0.116. The predicted molar refractivity (Wildman–Crippen MR) is 55.8 cm³/mol. The Kier molecular flexibility index (Phi) is 2.90. The number of nitrogens with zero attached hydrogens (tertiary/aromatic N) is 3. The number of aliphatic hydroxyl groups excluding tert-OH is 1. The Labute approximate surface area is 89.1 Å². The van der Waals surface area contributed by atoms with Crippen molar-refractivity contribution in [3.8, 4) is 0 Å². The third-order valence-electron chi connectivity index (χ3n) is 2.88. The average molecular weight is 211 g/mol. The molecule has 1 aromatic rings. The fourth-order valence-electron chi connectivity index (χ4n) is 1.90. The molecule has 0 bridgehead atoms. The van der Waals surface area contributed by atoms with Gasteiger partial charge in [-0.25, -0.2) is 0 Å². The molecule has 0 amide bonds. The summed E-state index contributed by atoms with van der Waals surface area (Å²) in [4.78, 5) is 6.15. The van der Waals surface area contributed by atoms with Gasteiger partial charge < -0.3 is 14.5 Å². The van der Waals surface area contributed by atoms with E-state index in [-0.39, 0.29) is 6.10 Å². The first-order valence-corrected chi connectivity index (χ1v) is 5.36. The van der Waals surface area contributed by atoms with E-state index in [1.165, 1.54) is 0 Å². The van der Waals surface area contributed by atoms with Crippen LogP contribution in [0.3, 0.4) is 0 Å². The standard InChI is InChI=1S/C10H17N3O2/c1-13(2)10-11-9(15-12-10)7-3-5-8(14)6-4-7/h7-8,14H,3-6H2,1-2H3. The van der Waals surface area contributed by atoms with E-state index in [2.05, 4.69) is 10.1 Å². The molecule has 1 fully saturated rings. The van der Waals surface area contributed by atoms with Gasteiger partial charge in [-0.05, 0) is 30.8 Å². The van der Waals surface area contributed by atoms with Crippen molar-refractivity contribution in [2.75, 3.05) is 19.0 Å². The van der Waals surface area contributed by atoms with Crippen LogP contribution < -0.4 is 4.90 Å². The van der Waals surface area contributed by atoms with E-state index in [4.69, 9.17) is 4.52 Å². The summed E-state index contributed by atoms with van der Waals surface area (Å²) in [7, 11) is 3.78. The molecular weight excluding hydrogens is 194 g/mol. The fraction of sp³-hybridized carbons (Fsp3) is 0.800. The summed E-state index contributed by atoms with van der Waals surface area (Å²) < 4.78 is 5.22. The largest absolute Gasteiger partial charge is 0.393 e. The van der Waals surface area contributed by atoms with Gasteiger partial charge in [0.1, 0.15) is 0 Å². The molecule has 1 saturated carbocycles. The quantitative estimate of drug-likeness (QED) is 0.795. The van der Waals surface area contributed by atoms with Gasteiger partial charge in [0, 0.05) is 20.0 Å². The van der Waals surface area contributed by atoms with Crippen LogP contribution in [0.1, 0.15) is 37.5 Å². The molecule has 1 aliphatic rings. The lowest BCUT2D eigenvalue weighted by atomic mass is 9.87. The van der Waals surface area contributed by atoms with Gasteiger partial charge in [0.2, 0.25) is 5.89 Å². The van der Waals surface area contributed by atoms with Gasteiger partial charge in [-0.3, -0.25) is 0 Å². The Morgan fingerprint density at radius 2 is 1.93 bits per heavy atom. The number of anilines is 1. The lowest BCUT2D eigenvalue weighted by Gasteiger charge is -2.22. The molecule has 5 nitrogen and oxygen atoms in total. The molecular formula is C10H17N3O2. The summed E-state index contributed by atoms with van der Waals surface area (Å²) in [5.74, 6) is 1.66. The SMILES string of the molecule is CN(C)c1noc(C2CCC(O)CC2)n1. The van der Waals surface area contributed by atoms with Crippen LogP contribution in [-0.2, 0) is 0 Å². The number of aromatic nitrogens is 2. The maximum atomic E-state index is 9.39. The maximum Gasteiger partial charge on any atom is 0.265 e. The summed E-state index contributed by atoms with van der Waals surface area (Å²) in [5, 5.41) is 13.3. The molecule has 0 saturated heterocycles. The lowest BCUT2D eigenvalue weighted by Crippen LogP contribution is -2.17. The molecule has 0 aliphatic heterocycles. The van der Waals surface area contributed by atoms with Crippen LogP contribution in [0.4, 0.5) is 5.95 Å². The topological polar surface area (TPSA) is 62.4 Å². The Morgan fingerprint density at radius 3 is 2.47 bits per heavy atom. The summed E-state index contributed by atoms with van der Waals surface area (Å²) in [5.41, 5.74) is 0. The van der Waals surface area contributed by atoms with E-state index in [1.54, 1.807) is 0 Å². The third kappa shape index (κ3) is 2.28. The van der Waals surface area contributed by atoms with E-state index in [0.29, 0.717) is 17.8 Å². The molecule has 0 aromatic carbocycles. The third-order valence-corrected chi connectivity index (χ3v) is 2.88. The van der Waals surface area contributed by atoms with Crippen molar-refractivity contribution in [2.24, 2.45) is 0 Å². The second-order valence-corrected chi connectivity index (χ2v) is 4.33. The highest BCUT2D eigenvalue weighted by atomic mass is 16.5. The number of rotatable bonds is 2. The molecule has 15 heavy (non-hydrogen) atoms. The van der Waals surface area contributed by atoms with Crippen molar-refractivity contribution >= 4 is 5.95 Å². The van der Waals surface area contributed by atoms with Crippen LogP contribution in [0.5, 0.6) is 0 Å². The predicted octanol–water partition coefficient (Wildman–Crippen LogP) is 1.15. The number of aliphatic hydroxyl groups is 1. The molecule has 2 rings (SSSR count). The summed E-state index contributed by atoms with van der Waals surface area (Å²) in [6.07, 6.45) is 3.42. The van der Waals surface area contributed by atoms with E-state index in [9.17, 15) is 5.11 Å². The highest BCUT2D eigenvalue weighted by molar-refractivity contribution is 5.24. The normalized spacial score (nSPS) is 26.6. The van der Waals surface area contributed by atoms with Gasteiger partial charge in [-0.1, -0.05) is 0 Å². The summed E-state index contributed by atoms with van der Waals surface area (Å²) >= 11 is 0. The second-order valence-electron chi connectivity index (χ2n) is 4.33. The molecule has 1 aliphatic carbocycles. The van der Waals surface area contributed by atoms with E-state index in [1.807, 2.05) is 19.0 Å². The van der Waals surface area contributed by atoms with Gasteiger partial charge in [-0.15, -0.1) is 0 Å². The van der Waals surface area contributed by atoms with E-state index < -0.39 is 0 Å². The van der Waals surface area contributed by atoms with Crippen molar-refractivity contribution in [3.05, 3.63) is 5.89 Å². The van der Waals surface area contributed by atoms with Gasteiger partial charge in [0.15, 0.2) is 0 Å². The zero-order valence-corrected chi connectivity index (χ0v) is 9.18. The molecule has 0 spiro atoms.